The maximum absolute atomic E-state index is 5.97. The van der Waals surface area contributed by atoms with E-state index in [1.165, 1.54) is 37.9 Å². The molecule has 0 amide bonds. The first-order chi connectivity index (χ1) is 9.85. The molecule has 0 aromatic heterocycles. The molecule has 2 aliphatic rings. The number of likely N-dealkylation sites (tertiary alicyclic amines) is 1. The van der Waals surface area contributed by atoms with Crippen molar-refractivity contribution < 1.29 is 9.47 Å². The minimum Gasteiger partial charge on any atom is -0.454 e. The van der Waals surface area contributed by atoms with E-state index in [0.29, 0.717) is 12.7 Å². The predicted octanol–water partition coefficient (Wildman–Crippen LogP) is 2.02. The Hall–Kier alpha value is -1.26. The molecule has 1 fully saturated rings. The first-order valence-corrected chi connectivity index (χ1v) is 7.66. The van der Waals surface area contributed by atoms with Gasteiger partial charge < -0.3 is 20.1 Å². The average molecular weight is 276 g/mol. The summed E-state index contributed by atoms with van der Waals surface area (Å²) in [7, 11) is 0. The number of benzene rings is 1. The molecule has 1 unspecified atom stereocenters. The normalized spacial score (nSPS) is 20.1. The second kappa shape index (κ2) is 6.46. The summed E-state index contributed by atoms with van der Waals surface area (Å²) in [6, 6.07) is 6.24. The zero-order chi connectivity index (χ0) is 13.8. The molecule has 1 aromatic carbocycles. The number of ether oxygens (including phenoxy) is 2. The summed E-state index contributed by atoms with van der Waals surface area (Å²) in [6.45, 7) is 4.66. The highest BCUT2D eigenvalue weighted by atomic mass is 16.7. The van der Waals surface area contributed by atoms with Gasteiger partial charge in [-0.05, 0) is 62.5 Å². The molecule has 2 N–H and O–H groups in total. The highest BCUT2D eigenvalue weighted by Crippen LogP contribution is 2.33. The lowest BCUT2D eigenvalue weighted by Crippen LogP contribution is -2.37. The maximum atomic E-state index is 5.97. The molecular formula is C16H24N2O2. The smallest absolute Gasteiger partial charge is 0.231 e. The summed E-state index contributed by atoms with van der Waals surface area (Å²) < 4.78 is 10.8. The van der Waals surface area contributed by atoms with E-state index in [-0.39, 0.29) is 0 Å². The number of rotatable bonds is 5. The van der Waals surface area contributed by atoms with Crippen LogP contribution < -0.4 is 15.2 Å². The van der Waals surface area contributed by atoms with E-state index in [4.69, 9.17) is 15.2 Å². The van der Waals surface area contributed by atoms with Crippen LogP contribution in [0.5, 0.6) is 11.5 Å². The Labute approximate surface area is 120 Å². The van der Waals surface area contributed by atoms with Gasteiger partial charge >= 0.3 is 0 Å². The minimum absolute atomic E-state index is 0.340. The molecule has 1 aromatic rings. The van der Waals surface area contributed by atoms with Crippen LogP contribution in [-0.2, 0) is 6.42 Å². The predicted molar refractivity (Wildman–Crippen MR) is 79.1 cm³/mol. The molecule has 4 heteroatoms. The van der Waals surface area contributed by atoms with Crippen molar-refractivity contribution in [1.29, 1.82) is 0 Å². The number of hydrogen-bond acceptors (Lipinski definition) is 4. The van der Waals surface area contributed by atoms with Crippen molar-refractivity contribution in [3.63, 3.8) is 0 Å². The van der Waals surface area contributed by atoms with Gasteiger partial charge in [0.05, 0.1) is 0 Å². The summed E-state index contributed by atoms with van der Waals surface area (Å²) >= 11 is 0. The fourth-order valence-corrected chi connectivity index (χ4v) is 3.13. The van der Waals surface area contributed by atoms with Gasteiger partial charge in [-0.3, -0.25) is 0 Å². The Morgan fingerprint density at radius 2 is 1.90 bits per heavy atom. The third kappa shape index (κ3) is 3.25. The Kier molecular flexibility index (Phi) is 4.43. The molecule has 0 aliphatic carbocycles. The van der Waals surface area contributed by atoms with E-state index in [2.05, 4.69) is 17.0 Å². The van der Waals surface area contributed by atoms with Gasteiger partial charge in [-0.25, -0.2) is 0 Å². The van der Waals surface area contributed by atoms with Crippen LogP contribution in [0.15, 0.2) is 18.2 Å². The molecule has 110 valence electrons. The van der Waals surface area contributed by atoms with Crippen LogP contribution in [0.3, 0.4) is 0 Å². The van der Waals surface area contributed by atoms with Crippen molar-refractivity contribution in [2.24, 2.45) is 11.7 Å². The number of nitrogens with zero attached hydrogens (tertiary/aromatic N) is 1. The van der Waals surface area contributed by atoms with Crippen LogP contribution in [0.2, 0.25) is 0 Å². The van der Waals surface area contributed by atoms with E-state index in [1.807, 2.05) is 6.07 Å². The lowest BCUT2D eigenvalue weighted by Gasteiger charge is -2.30. The zero-order valence-electron chi connectivity index (χ0n) is 12.0. The van der Waals surface area contributed by atoms with Gasteiger partial charge in [0, 0.05) is 6.54 Å². The van der Waals surface area contributed by atoms with Gasteiger partial charge in [0.25, 0.3) is 0 Å². The maximum Gasteiger partial charge on any atom is 0.231 e. The van der Waals surface area contributed by atoms with E-state index in [0.717, 1.165) is 31.0 Å². The fourth-order valence-electron chi connectivity index (χ4n) is 3.13. The first-order valence-electron chi connectivity index (χ1n) is 7.66. The van der Waals surface area contributed by atoms with Crippen molar-refractivity contribution in [2.45, 2.75) is 25.7 Å². The van der Waals surface area contributed by atoms with Crippen molar-refractivity contribution in [2.75, 3.05) is 33.0 Å². The third-order valence-corrected chi connectivity index (χ3v) is 4.26. The second-order valence-corrected chi connectivity index (χ2v) is 5.85. The summed E-state index contributed by atoms with van der Waals surface area (Å²) in [5, 5.41) is 0. The van der Waals surface area contributed by atoms with Gasteiger partial charge in [-0.1, -0.05) is 12.5 Å². The highest BCUT2D eigenvalue weighted by molar-refractivity contribution is 5.44. The van der Waals surface area contributed by atoms with E-state index >= 15 is 0 Å². The average Bonchev–Trinajstić information content (AvgIpc) is 2.95. The van der Waals surface area contributed by atoms with E-state index in [9.17, 15) is 0 Å². The molecular weight excluding hydrogens is 252 g/mol. The molecule has 0 radical (unpaired) electrons. The number of nitrogens with two attached hydrogens (primary N) is 1. The van der Waals surface area contributed by atoms with Gasteiger partial charge in [0.15, 0.2) is 11.5 Å². The van der Waals surface area contributed by atoms with Gasteiger partial charge in [-0.2, -0.15) is 0 Å². The number of fused-ring (bicyclic) bond motifs is 1. The Morgan fingerprint density at radius 1 is 1.10 bits per heavy atom. The molecule has 0 saturated carbocycles. The topological polar surface area (TPSA) is 47.7 Å². The number of piperidine rings is 1. The van der Waals surface area contributed by atoms with E-state index in [1.54, 1.807) is 0 Å². The highest BCUT2D eigenvalue weighted by Gasteiger charge is 2.18. The molecule has 0 spiro atoms. The molecule has 2 aliphatic heterocycles. The summed E-state index contributed by atoms with van der Waals surface area (Å²) in [4.78, 5) is 2.56. The quantitative estimate of drug-likeness (QED) is 0.894. The van der Waals surface area contributed by atoms with Crippen molar-refractivity contribution in [3.8, 4) is 11.5 Å². The first kappa shape index (κ1) is 13.7. The molecule has 1 saturated heterocycles. The lowest BCUT2D eigenvalue weighted by atomic mass is 9.97. The van der Waals surface area contributed by atoms with E-state index < -0.39 is 0 Å². The largest absolute Gasteiger partial charge is 0.454 e. The SMILES string of the molecule is NCC(Cc1ccc2c(c1)OCO2)CN1CCCCC1. The Bertz CT molecular complexity index is 444. The lowest BCUT2D eigenvalue weighted by molar-refractivity contribution is 0.174. The molecule has 4 nitrogen and oxygen atoms in total. The molecule has 2 heterocycles. The van der Waals surface area contributed by atoms with Crippen molar-refractivity contribution in [1.82, 2.24) is 4.90 Å². The summed E-state index contributed by atoms with van der Waals surface area (Å²) in [6.07, 6.45) is 5.07. The summed E-state index contributed by atoms with van der Waals surface area (Å²) in [5.41, 5.74) is 7.26. The van der Waals surface area contributed by atoms with Crippen molar-refractivity contribution >= 4 is 0 Å². The Balaban J connectivity index is 1.59. The summed E-state index contributed by atoms with van der Waals surface area (Å²) in [5.74, 6) is 2.25. The van der Waals surface area contributed by atoms with Gasteiger partial charge in [0.1, 0.15) is 0 Å². The standard InChI is InChI=1S/C16H24N2O2/c17-10-14(11-18-6-2-1-3-7-18)8-13-4-5-15-16(9-13)20-12-19-15/h4-5,9,14H,1-3,6-8,10-12,17H2. The minimum atomic E-state index is 0.340. The second-order valence-electron chi connectivity index (χ2n) is 5.85. The van der Waals surface area contributed by atoms with Gasteiger partial charge in [-0.15, -0.1) is 0 Å². The molecule has 1 atom stereocenters. The van der Waals surface area contributed by atoms with Crippen LogP contribution >= 0.6 is 0 Å². The Morgan fingerprint density at radius 3 is 2.70 bits per heavy atom. The molecule has 3 rings (SSSR count). The fraction of sp³-hybridized carbons (Fsp3) is 0.625. The molecule has 0 bridgehead atoms. The van der Waals surface area contributed by atoms with Crippen LogP contribution in [0.25, 0.3) is 0 Å². The van der Waals surface area contributed by atoms with Crippen LogP contribution in [-0.4, -0.2) is 37.9 Å². The number of hydrogen-bond donors (Lipinski definition) is 1. The van der Waals surface area contributed by atoms with Crippen LogP contribution in [0.1, 0.15) is 24.8 Å². The van der Waals surface area contributed by atoms with Crippen LogP contribution in [0.4, 0.5) is 0 Å². The van der Waals surface area contributed by atoms with Crippen LogP contribution in [0, 0.1) is 5.92 Å². The zero-order valence-corrected chi connectivity index (χ0v) is 12.0. The van der Waals surface area contributed by atoms with Crippen molar-refractivity contribution in [3.05, 3.63) is 23.8 Å². The monoisotopic (exact) mass is 276 g/mol. The third-order valence-electron chi connectivity index (χ3n) is 4.26. The van der Waals surface area contributed by atoms with Gasteiger partial charge in [0.2, 0.25) is 6.79 Å². The molecule has 20 heavy (non-hydrogen) atoms.